The van der Waals surface area contributed by atoms with E-state index in [2.05, 4.69) is 4.74 Å². The highest BCUT2D eigenvalue weighted by Gasteiger charge is 2.33. The Balaban J connectivity index is 1.86. The Morgan fingerprint density at radius 3 is 2.68 bits per heavy atom. The summed E-state index contributed by atoms with van der Waals surface area (Å²) >= 11 is 12.3. The first-order valence-corrected chi connectivity index (χ1v) is 10.6. The predicted molar refractivity (Wildman–Crippen MR) is 122 cm³/mol. The van der Waals surface area contributed by atoms with Crippen LogP contribution in [0, 0.1) is 5.82 Å². The van der Waals surface area contributed by atoms with E-state index in [9.17, 15) is 14.0 Å². The van der Waals surface area contributed by atoms with Crippen molar-refractivity contribution in [2.75, 3.05) is 25.2 Å². The number of benzene rings is 2. The van der Waals surface area contributed by atoms with Gasteiger partial charge in [0.05, 0.1) is 29.3 Å². The van der Waals surface area contributed by atoms with Gasteiger partial charge in [-0.1, -0.05) is 41.6 Å². The number of anilines is 1. The molecule has 3 rings (SSSR count). The lowest BCUT2D eigenvalue weighted by Crippen LogP contribution is -2.27. The molecule has 0 aromatic heterocycles. The lowest BCUT2D eigenvalue weighted by atomic mass is 10.1. The summed E-state index contributed by atoms with van der Waals surface area (Å²) in [4.78, 5) is 25.9. The first kappa shape index (κ1) is 23.1. The molecule has 1 aliphatic rings. The van der Waals surface area contributed by atoms with E-state index in [0.717, 1.165) is 11.8 Å². The number of hydrogen-bond donors (Lipinski definition) is 0. The zero-order chi connectivity index (χ0) is 22.5. The number of hydrogen-bond acceptors (Lipinski definition) is 7. The van der Waals surface area contributed by atoms with E-state index >= 15 is 0 Å². The molecule has 1 heterocycles. The molecular weight excluding hydrogens is 465 g/mol. The molecule has 1 saturated heterocycles. The number of thioether (sulfide) groups is 1. The Kier molecular flexibility index (Phi) is 7.53. The summed E-state index contributed by atoms with van der Waals surface area (Å²) in [5, 5.41) is -0.0978. The van der Waals surface area contributed by atoms with Gasteiger partial charge in [0.15, 0.2) is 22.4 Å². The molecule has 0 spiro atoms. The third-order valence-electron chi connectivity index (χ3n) is 4.09. The van der Waals surface area contributed by atoms with Crippen molar-refractivity contribution in [3.63, 3.8) is 0 Å². The van der Waals surface area contributed by atoms with Crippen molar-refractivity contribution in [3.8, 4) is 11.5 Å². The summed E-state index contributed by atoms with van der Waals surface area (Å²) in [6, 6.07) is 9.02. The molecular formula is C21H17ClFNO5S2. The fourth-order valence-electron chi connectivity index (χ4n) is 2.66. The van der Waals surface area contributed by atoms with Gasteiger partial charge in [0.1, 0.15) is 5.82 Å². The van der Waals surface area contributed by atoms with Crippen LogP contribution in [0.5, 0.6) is 11.5 Å². The summed E-state index contributed by atoms with van der Waals surface area (Å²) < 4.78 is 29.4. The standard InChI is InChI=1S/C21H17ClFNO5S2/c1-3-28-17-8-12(4-7-16(17)29-11-19(25)27-2)9-18-20(26)24(21(30)31-18)13-5-6-15(23)14(22)10-13/h4-10H,3,11H2,1-2H3/b18-9+. The number of methoxy groups -OCH3 is 1. The number of amides is 1. The fourth-order valence-corrected chi connectivity index (χ4v) is 4.14. The van der Waals surface area contributed by atoms with Crippen LogP contribution in [0.25, 0.3) is 6.08 Å². The van der Waals surface area contributed by atoms with Gasteiger partial charge < -0.3 is 14.2 Å². The van der Waals surface area contributed by atoms with Gasteiger partial charge in [-0.05, 0) is 48.9 Å². The van der Waals surface area contributed by atoms with Crippen LogP contribution in [0.3, 0.4) is 0 Å². The normalized spacial score (nSPS) is 14.8. The largest absolute Gasteiger partial charge is 0.490 e. The second-order valence-corrected chi connectivity index (χ2v) is 8.20. The molecule has 6 nitrogen and oxygen atoms in total. The summed E-state index contributed by atoms with van der Waals surface area (Å²) in [6.45, 7) is 1.94. The maximum Gasteiger partial charge on any atom is 0.343 e. The maximum atomic E-state index is 13.5. The number of carbonyl (C=O) groups excluding carboxylic acids is 2. The van der Waals surface area contributed by atoms with Crippen LogP contribution < -0.4 is 14.4 Å². The zero-order valence-electron chi connectivity index (χ0n) is 16.5. The lowest BCUT2D eigenvalue weighted by molar-refractivity contribution is -0.142. The molecule has 0 radical (unpaired) electrons. The molecule has 0 unspecified atom stereocenters. The van der Waals surface area contributed by atoms with Crippen molar-refractivity contribution < 1.29 is 28.2 Å². The van der Waals surface area contributed by atoms with Crippen LogP contribution >= 0.6 is 35.6 Å². The van der Waals surface area contributed by atoms with Crippen molar-refractivity contribution in [1.29, 1.82) is 0 Å². The fraction of sp³-hybridized carbons (Fsp3) is 0.190. The van der Waals surface area contributed by atoms with Crippen LogP contribution in [0.2, 0.25) is 5.02 Å². The predicted octanol–water partition coefficient (Wildman–Crippen LogP) is 4.84. The van der Waals surface area contributed by atoms with E-state index in [1.807, 2.05) is 6.92 Å². The molecule has 0 saturated carbocycles. The van der Waals surface area contributed by atoms with E-state index in [1.165, 1.54) is 30.2 Å². The van der Waals surface area contributed by atoms with E-state index in [-0.39, 0.29) is 17.5 Å². The molecule has 0 bridgehead atoms. The molecule has 1 amide bonds. The molecule has 2 aromatic rings. The van der Waals surface area contributed by atoms with Crippen LogP contribution in [-0.2, 0) is 14.3 Å². The minimum Gasteiger partial charge on any atom is -0.490 e. The van der Waals surface area contributed by atoms with Gasteiger partial charge in [-0.25, -0.2) is 9.18 Å². The molecule has 2 aromatic carbocycles. The average Bonchev–Trinajstić information content (AvgIpc) is 3.02. The van der Waals surface area contributed by atoms with Gasteiger partial charge in [0.25, 0.3) is 5.91 Å². The topological polar surface area (TPSA) is 65.1 Å². The molecule has 31 heavy (non-hydrogen) atoms. The quantitative estimate of drug-likeness (QED) is 0.318. The number of halogens is 2. The summed E-state index contributed by atoms with van der Waals surface area (Å²) in [7, 11) is 1.27. The molecule has 10 heteroatoms. The highest BCUT2D eigenvalue weighted by atomic mass is 35.5. The number of rotatable bonds is 7. The zero-order valence-corrected chi connectivity index (χ0v) is 18.9. The van der Waals surface area contributed by atoms with E-state index in [4.69, 9.17) is 33.3 Å². The molecule has 0 N–H and O–H groups in total. The van der Waals surface area contributed by atoms with Crippen LogP contribution in [-0.4, -0.2) is 36.5 Å². The number of carbonyl (C=O) groups is 2. The average molecular weight is 482 g/mol. The Morgan fingerprint density at radius 2 is 2.00 bits per heavy atom. The van der Waals surface area contributed by atoms with Gasteiger partial charge in [-0.15, -0.1) is 0 Å². The first-order valence-electron chi connectivity index (χ1n) is 9.03. The van der Waals surface area contributed by atoms with Crippen LogP contribution in [0.15, 0.2) is 41.3 Å². The van der Waals surface area contributed by atoms with E-state index in [1.54, 1.807) is 24.3 Å². The Bertz CT molecular complexity index is 1080. The molecule has 0 atom stereocenters. The summed E-state index contributed by atoms with van der Waals surface area (Å²) in [5.41, 5.74) is 1.06. The SMILES string of the molecule is CCOc1cc(/C=C2/SC(=S)N(c3ccc(F)c(Cl)c3)C2=O)ccc1OCC(=O)OC. The van der Waals surface area contributed by atoms with Crippen molar-refractivity contribution in [1.82, 2.24) is 0 Å². The van der Waals surface area contributed by atoms with Crippen molar-refractivity contribution in [2.24, 2.45) is 0 Å². The van der Waals surface area contributed by atoms with Gasteiger partial charge in [-0.3, -0.25) is 9.69 Å². The van der Waals surface area contributed by atoms with Crippen LogP contribution in [0.1, 0.15) is 12.5 Å². The van der Waals surface area contributed by atoms with Crippen molar-refractivity contribution in [3.05, 3.63) is 57.7 Å². The van der Waals surface area contributed by atoms with Gasteiger partial charge in [-0.2, -0.15) is 0 Å². The molecule has 0 aliphatic carbocycles. The minimum atomic E-state index is -0.579. The Labute approximate surface area is 192 Å². The molecule has 1 fully saturated rings. The van der Waals surface area contributed by atoms with Crippen molar-refractivity contribution in [2.45, 2.75) is 6.92 Å². The third-order valence-corrected chi connectivity index (χ3v) is 5.69. The second-order valence-electron chi connectivity index (χ2n) is 6.12. The number of thiocarbonyl (C=S) groups is 1. The van der Waals surface area contributed by atoms with Gasteiger partial charge in [0, 0.05) is 0 Å². The first-order chi connectivity index (χ1) is 14.8. The summed E-state index contributed by atoms with van der Waals surface area (Å²) in [6.07, 6.45) is 1.66. The van der Waals surface area contributed by atoms with E-state index in [0.29, 0.717) is 38.6 Å². The highest BCUT2D eigenvalue weighted by molar-refractivity contribution is 8.27. The maximum absolute atomic E-state index is 13.5. The van der Waals surface area contributed by atoms with Crippen molar-refractivity contribution >= 4 is 63.5 Å². The number of ether oxygens (including phenoxy) is 3. The summed E-state index contributed by atoms with van der Waals surface area (Å²) in [5.74, 6) is -0.652. The van der Waals surface area contributed by atoms with Gasteiger partial charge in [0.2, 0.25) is 0 Å². The Hall–Kier alpha value is -2.62. The van der Waals surface area contributed by atoms with E-state index < -0.39 is 11.8 Å². The molecule has 1 aliphatic heterocycles. The Morgan fingerprint density at radius 1 is 1.23 bits per heavy atom. The highest BCUT2D eigenvalue weighted by Crippen LogP contribution is 2.38. The minimum absolute atomic E-state index is 0.0978. The second kappa shape index (κ2) is 10.1. The van der Waals surface area contributed by atoms with Gasteiger partial charge >= 0.3 is 5.97 Å². The molecule has 162 valence electrons. The third kappa shape index (κ3) is 5.36. The monoisotopic (exact) mass is 481 g/mol. The number of esters is 1. The lowest BCUT2D eigenvalue weighted by Gasteiger charge is -2.14. The smallest absolute Gasteiger partial charge is 0.343 e. The number of nitrogens with zero attached hydrogens (tertiary/aromatic N) is 1. The van der Waals surface area contributed by atoms with Crippen LogP contribution in [0.4, 0.5) is 10.1 Å².